The molecule has 0 aliphatic heterocycles. The number of rotatable bonds is 6. The number of hydrogen-bond donors (Lipinski definition) is 1. The number of para-hydroxylation sites is 1. The number of hydrogen-bond acceptors (Lipinski definition) is 4. The smallest absolute Gasteiger partial charge is 0.338 e. The third-order valence-corrected chi connectivity index (χ3v) is 3.01. The van der Waals surface area contributed by atoms with Gasteiger partial charge >= 0.3 is 5.97 Å². The van der Waals surface area contributed by atoms with Gasteiger partial charge in [-0.1, -0.05) is 18.2 Å². The number of nitrogens with two attached hydrogens (primary N) is 1. The zero-order valence-electron chi connectivity index (χ0n) is 12.5. The fourth-order valence-corrected chi connectivity index (χ4v) is 1.87. The summed E-state index contributed by atoms with van der Waals surface area (Å²) in [5.74, 6) is -0.328. The van der Waals surface area contributed by atoms with Gasteiger partial charge in [0, 0.05) is 5.69 Å². The Morgan fingerprint density at radius 1 is 1.18 bits per heavy atom. The molecule has 0 aliphatic carbocycles. The molecule has 0 aliphatic rings. The molecule has 5 nitrogen and oxygen atoms in total. The molecule has 0 spiro atoms. The van der Waals surface area contributed by atoms with E-state index in [1.165, 1.54) is 0 Å². The van der Waals surface area contributed by atoms with Crippen LogP contribution in [0.25, 0.3) is 0 Å². The van der Waals surface area contributed by atoms with Crippen molar-refractivity contribution in [1.29, 1.82) is 0 Å². The van der Waals surface area contributed by atoms with Gasteiger partial charge in [-0.15, -0.1) is 0 Å². The summed E-state index contributed by atoms with van der Waals surface area (Å²) in [6.45, 7) is 2.47. The Balaban J connectivity index is 2.07. The Morgan fingerprint density at radius 2 is 1.86 bits per heavy atom. The number of carbonyl (C=O) groups excluding carboxylic acids is 1. The summed E-state index contributed by atoms with van der Waals surface area (Å²) >= 11 is 0. The molecule has 2 aromatic carbocycles. The van der Waals surface area contributed by atoms with E-state index in [0.717, 1.165) is 11.4 Å². The molecule has 2 rings (SSSR count). The van der Waals surface area contributed by atoms with Crippen LogP contribution in [0.2, 0.25) is 0 Å². The van der Waals surface area contributed by atoms with Crippen molar-refractivity contribution in [3.63, 3.8) is 0 Å². The average Bonchev–Trinajstić information content (AvgIpc) is 2.57. The quantitative estimate of drug-likeness (QED) is 0.385. The minimum Gasteiger partial charge on any atom is -0.462 e. The molecule has 0 saturated carbocycles. The van der Waals surface area contributed by atoms with Crippen molar-refractivity contribution in [3.8, 4) is 0 Å². The van der Waals surface area contributed by atoms with Crippen LogP contribution in [-0.4, -0.2) is 25.6 Å². The van der Waals surface area contributed by atoms with E-state index in [9.17, 15) is 4.79 Å². The van der Waals surface area contributed by atoms with Crippen LogP contribution in [0, 0.1) is 0 Å². The predicted octanol–water partition coefficient (Wildman–Crippen LogP) is 2.95. The lowest BCUT2D eigenvalue weighted by Crippen LogP contribution is -2.28. The molecule has 0 aromatic heterocycles. The Kier molecular flexibility index (Phi) is 5.68. The van der Waals surface area contributed by atoms with Gasteiger partial charge in [0.2, 0.25) is 0 Å². The molecule has 0 fully saturated rings. The standard InChI is InChI=1S/C17H19N3O2/c1-2-22-17(21)14-8-10-15(11-9-14)19-13-20(12-18)16-6-4-3-5-7-16/h3-11,13H,2,12,18H2,1H3. The lowest BCUT2D eigenvalue weighted by Gasteiger charge is -2.16. The van der Waals surface area contributed by atoms with Crippen molar-refractivity contribution in [3.05, 3.63) is 60.2 Å². The lowest BCUT2D eigenvalue weighted by molar-refractivity contribution is 0.0526. The lowest BCUT2D eigenvalue weighted by atomic mass is 10.2. The topological polar surface area (TPSA) is 67.9 Å². The van der Waals surface area contributed by atoms with Gasteiger partial charge in [0.25, 0.3) is 0 Å². The summed E-state index contributed by atoms with van der Waals surface area (Å²) in [7, 11) is 0. The van der Waals surface area contributed by atoms with E-state index in [2.05, 4.69) is 4.99 Å². The highest BCUT2D eigenvalue weighted by Crippen LogP contribution is 2.15. The van der Waals surface area contributed by atoms with Gasteiger partial charge in [-0.3, -0.25) is 0 Å². The highest BCUT2D eigenvalue weighted by Gasteiger charge is 2.05. The molecule has 0 heterocycles. The molecule has 0 unspecified atom stereocenters. The van der Waals surface area contributed by atoms with Crippen LogP contribution in [0.1, 0.15) is 17.3 Å². The second kappa shape index (κ2) is 7.95. The van der Waals surface area contributed by atoms with Crippen LogP contribution in [-0.2, 0) is 4.74 Å². The monoisotopic (exact) mass is 297 g/mol. The molecule has 0 amide bonds. The van der Waals surface area contributed by atoms with Crippen molar-refractivity contribution in [2.75, 3.05) is 18.2 Å². The largest absolute Gasteiger partial charge is 0.462 e. The molecule has 2 N–H and O–H groups in total. The Labute approximate surface area is 130 Å². The predicted molar refractivity (Wildman–Crippen MR) is 88.5 cm³/mol. The van der Waals surface area contributed by atoms with Crippen LogP contribution in [0.4, 0.5) is 11.4 Å². The maximum Gasteiger partial charge on any atom is 0.338 e. The van der Waals surface area contributed by atoms with E-state index < -0.39 is 0 Å². The number of nitrogens with zero attached hydrogens (tertiary/aromatic N) is 2. The number of ether oxygens (including phenoxy) is 1. The van der Waals surface area contributed by atoms with Crippen molar-refractivity contribution in [1.82, 2.24) is 0 Å². The fraction of sp³-hybridized carbons (Fsp3) is 0.176. The molecule has 0 bridgehead atoms. The van der Waals surface area contributed by atoms with Gasteiger partial charge in [-0.2, -0.15) is 0 Å². The van der Waals surface area contributed by atoms with Crippen LogP contribution >= 0.6 is 0 Å². The number of anilines is 1. The first-order chi connectivity index (χ1) is 10.7. The number of aliphatic imine (C=N–C) groups is 1. The maximum atomic E-state index is 11.6. The summed E-state index contributed by atoms with van der Waals surface area (Å²) in [4.78, 5) is 17.8. The number of carbonyl (C=O) groups is 1. The Bertz CT molecular complexity index is 624. The second-order valence-electron chi connectivity index (χ2n) is 4.50. The van der Waals surface area contributed by atoms with Crippen molar-refractivity contribution in [2.45, 2.75) is 6.92 Å². The summed E-state index contributed by atoms with van der Waals surface area (Å²) < 4.78 is 4.94. The van der Waals surface area contributed by atoms with Crippen molar-refractivity contribution < 1.29 is 9.53 Å². The van der Waals surface area contributed by atoms with Crippen LogP contribution in [0.15, 0.2) is 59.6 Å². The van der Waals surface area contributed by atoms with E-state index in [4.69, 9.17) is 10.5 Å². The summed E-state index contributed by atoms with van der Waals surface area (Å²) in [5, 5.41) is 0. The van der Waals surface area contributed by atoms with E-state index in [0.29, 0.717) is 18.8 Å². The summed E-state index contributed by atoms with van der Waals surface area (Å²) in [6.07, 6.45) is 1.68. The summed E-state index contributed by atoms with van der Waals surface area (Å²) in [6, 6.07) is 16.7. The van der Waals surface area contributed by atoms with Gasteiger partial charge in [0.15, 0.2) is 0 Å². The molecule has 2 aromatic rings. The van der Waals surface area contributed by atoms with Gasteiger partial charge in [0.05, 0.1) is 30.9 Å². The van der Waals surface area contributed by atoms with E-state index in [1.807, 2.05) is 35.2 Å². The first-order valence-electron chi connectivity index (χ1n) is 7.07. The average molecular weight is 297 g/mol. The number of benzene rings is 2. The first-order valence-corrected chi connectivity index (χ1v) is 7.07. The number of esters is 1. The van der Waals surface area contributed by atoms with Gasteiger partial charge in [-0.05, 0) is 43.3 Å². The van der Waals surface area contributed by atoms with E-state index in [-0.39, 0.29) is 5.97 Å². The normalized spacial score (nSPS) is 10.6. The second-order valence-corrected chi connectivity index (χ2v) is 4.50. The van der Waals surface area contributed by atoms with Crippen LogP contribution in [0.5, 0.6) is 0 Å². The van der Waals surface area contributed by atoms with Gasteiger partial charge in [-0.25, -0.2) is 9.79 Å². The third-order valence-electron chi connectivity index (χ3n) is 3.01. The zero-order valence-corrected chi connectivity index (χ0v) is 12.5. The van der Waals surface area contributed by atoms with Gasteiger partial charge in [0.1, 0.15) is 0 Å². The molecule has 114 valence electrons. The summed E-state index contributed by atoms with van der Waals surface area (Å²) in [5.41, 5.74) is 7.96. The van der Waals surface area contributed by atoms with E-state index in [1.54, 1.807) is 37.5 Å². The highest BCUT2D eigenvalue weighted by molar-refractivity contribution is 5.90. The Hall–Kier alpha value is -2.66. The van der Waals surface area contributed by atoms with E-state index >= 15 is 0 Å². The van der Waals surface area contributed by atoms with Crippen molar-refractivity contribution >= 4 is 23.7 Å². The molecule has 0 saturated heterocycles. The molecule has 0 atom stereocenters. The van der Waals surface area contributed by atoms with Crippen LogP contribution in [0.3, 0.4) is 0 Å². The first kappa shape index (κ1) is 15.7. The van der Waals surface area contributed by atoms with Crippen LogP contribution < -0.4 is 10.6 Å². The maximum absolute atomic E-state index is 11.6. The highest BCUT2D eigenvalue weighted by atomic mass is 16.5. The van der Waals surface area contributed by atoms with Gasteiger partial charge < -0.3 is 15.4 Å². The minimum absolute atomic E-state index is 0.328. The Morgan fingerprint density at radius 3 is 2.45 bits per heavy atom. The zero-order chi connectivity index (χ0) is 15.8. The SMILES string of the molecule is CCOC(=O)c1ccc(N=CN(CN)c2ccccc2)cc1. The molecule has 0 radical (unpaired) electrons. The minimum atomic E-state index is -0.328. The van der Waals surface area contributed by atoms with Crippen molar-refractivity contribution in [2.24, 2.45) is 10.7 Å². The third kappa shape index (κ3) is 4.17. The molecule has 5 heteroatoms. The fourth-order valence-electron chi connectivity index (χ4n) is 1.87. The molecular weight excluding hydrogens is 278 g/mol. The molecular formula is C17H19N3O2. The molecule has 22 heavy (non-hydrogen) atoms.